The Morgan fingerprint density at radius 1 is 0.920 bits per heavy atom. The Bertz CT molecular complexity index is 917. The summed E-state index contributed by atoms with van der Waals surface area (Å²) in [6.07, 6.45) is 9.49. The summed E-state index contributed by atoms with van der Waals surface area (Å²) in [6.45, 7) is 14.5. The highest BCUT2D eigenvalue weighted by molar-refractivity contribution is 6.22. The molecular formula is C22H17NO2. The van der Waals surface area contributed by atoms with E-state index in [1.807, 2.05) is 0 Å². The van der Waals surface area contributed by atoms with Crippen LogP contribution in [0.4, 0.5) is 0 Å². The first-order valence-corrected chi connectivity index (χ1v) is 7.52. The summed E-state index contributed by atoms with van der Waals surface area (Å²) in [6, 6.07) is 4.94. The monoisotopic (exact) mass is 327 g/mol. The molecule has 2 rings (SSSR count). The van der Waals surface area contributed by atoms with E-state index in [1.54, 1.807) is 42.5 Å². The lowest BCUT2D eigenvalue weighted by Crippen LogP contribution is -2.28. The Morgan fingerprint density at radius 2 is 1.60 bits per heavy atom. The van der Waals surface area contributed by atoms with E-state index in [4.69, 9.17) is 0 Å². The predicted octanol–water partition coefficient (Wildman–Crippen LogP) is 4.19. The quantitative estimate of drug-likeness (QED) is 0.462. The number of nitrogens with zero attached hydrogens (tertiary/aromatic N) is 1. The highest BCUT2D eigenvalue weighted by Gasteiger charge is 2.36. The maximum Gasteiger partial charge on any atom is 0.266 e. The minimum atomic E-state index is -0.401. The van der Waals surface area contributed by atoms with Gasteiger partial charge in [0.1, 0.15) is 0 Å². The first-order chi connectivity index (χ1) is 12.1. The summed E-state index contributed by atoms with van der Waals surface area (Å²) < 4.78 is 0. The number of amides is 2. The van der Waals surface area contributed by atoms with Gasteiger partial charge in [-0.2, -0.15) is 0 Å². The highest BCUT2D eigenvalue weighted by Crippen LogP contribution is 2.27. The number of rotatable bonds is 5. The number of hydrogen-bond acceptors (Lipinski definition) is 2. The molecule has 0 fully saturated rings. The van der Waals surface area contributed by atoms with E-state index < -0.39 is 5.91 Å². The standard InChI is InChI=1S/C22H17NO2/c1-5-9-16(7-3)11-12-17-13-14-19-20(15-17)22(25)23(21(19)24)18(8-4)10-6-2/h5-10,13-15H,1-4H2/b16-9+,18-10+. The van der Waals surface area contributed by atoms with Crippen molar-refractivity contribution < 1.29 is 9.59 Å². The van der Waals surface area contributed by atoms with Crippen LogP contribution in [-0.4, -0.2) is 16.7 Å². The molecule has 0 aromatic heterocycles. The van der Waals surface area contributed by atoms with E-state index >= 15 is 0 Å². The van der Waals surface area contributed by atoms with Crippen LogP contribution in [0.1, 0.15) is 26.3 Å². The smallest absolute Gasteiger partial charge is 0.266 e. The molecule has 0 bridgehead atoms. The van der Waals surface area contributed by atoms with Gasteiger partial charge < -0.3 is 0 Å². The summed E-state index contributed by atoms with van der Waals surface area (Å²) in [5.41, 5.74) is 2.39. The number of hydrogen-bond donors (Lipinski definition) is 0. The average Bonchev–Trinajstić information content (AvgIpc) is 2.87. The van der Waals surface area contributed by atoms with Gasteiger partial charge in [0, 0.05) is 11.1 Å². The van der Waals surface area contributed by atoms with Crippen LogP contribution >= 0.6 is 0 Å². The van der Waals surface area contributed by atoms with Gasteiger partial charge in [0.15, 0.2) is 0 Å². The van der Waals surface area contributed by atoms with E-state index in [0.717, 1.165) is 4.90 Å². The van der Waals surface area contributed by atoms with Crippen LogP contribution in [0.15, 0.2) is 92.2 Å². The Balaban J connectivity index is 2.45. The van der Waals surface area contributed by atoms with Crippen LogP contribution in [0.3, 0.4) is 0 Å². The second kappa shape index (κ2) is 7.76. The number of carbonyl (C=O) groups is 2. The van der Waals surface area contributed by atoms with E-state index in [2.05, 4.69) is 38.2 Å². The summed E-state index contributed by atoms with van der Waals surface area (Å²) in [4.78, 5) is 26.2. The average molecular weight is 327 g/mol. The van der Waals surface area contributed by atoms with Crippen LogP contribution in [0.2, 0.25) is 0 Å². The largest absolute Gasteiger partial charge is 0.268 e. The lowest BCUT2D eigenvalue weighted by molar-refractivity contribution is 0.0709. The molecule has 0 aliphatic carbocycles. The van der Waals surface area contributed by atoms with E-state index in [9.17, 15) is 9.59 Å². The summed E-state index contributed by atoms with van der Waals surface area (Å²) in [7, 11) is 0. The molecule has 1 heterocycles. The fourth-order valence-corrected chi connectivity index (χ4v) is 2.34. The SMILES string of the molecule is C=C/C=C(/C#Cc1ccc2c(c1)C(=O)N(/C(C=C)=C/C=C)C2=O)C=C. The van der Waals surface area contributed by atoms with Crippen molar-refractivity contribution in [2.75, 3.05) is 0 Å². The second-order valence-corrected chi connectivity index (χ2v) is 5.05. The number of benzene rings is 1. The third-order valence-electron chi connectivity index (χ3n) is 3.51. The third-order valence-corrected chi connectivity index (χ3v) is 3.51. The minimum Gasteiger partial charge on any atom is -0.268 e. The summed E-state index contributed by atoms with van der Waals surface area (Å²) in [5, 5.41) is 0. The maximum atomic E-state index is 12.6. The van der Waals surface area contributed by atoms with Crippen LogP contribution in [0.5, 0.6) is 0 Å². The molecular weight excluding hydrogens is 310 g/mol. The number of imide groups is 1. The predicted molar refractivity (Wildman–Crippen MR) is 101 cm³/mol. The van der Waals surface area contributed by atoms with Crippen molar-refractivity contribution in [1.82, 2.24) is 4.90 Å². The van der Waals surface area contributed by atoms with Crippen molar-refractivity contribution in [1.29, 1.82) is 0 Å². The van der Waals surface area contributed by atoms with Crippen molar-refractivity contribution in [3.63, 3.8) is 0 Å². The van der Waals surface area contributed by atoms with Gasteiger partial charge in [0.2, 0.25) is 0 Å². The number of fused-ring (bicyclic) bond motifs is 1. The molecule has 3 heteroatoms. The Kier molecular flexibility index (Phi) is 5.50. The lowest BCUT2D eigenvalue weighted by Gasteiger charge is -2.14. The molecule has 0 saturated carbocycles. The van der Waals surface area contributed by atoms with Crippen LogP contribution in [-0.2, 0) is 0 Å². The molecule has 122 valence electrons. The number of carbonyl (C=O) groups excluding carboxylic acids is 2. The van der Waals surface area contributed by atoms with Gasteiger partial charge in [-0.05, 0) is 36.4 Å². The lowest BCUT2D eigenvalue weighted by atomic mass is 10.1. The van der Waals surface area contributed by atoms with Crippen LogP contribution < -0.4 is 0 Å². The van der Waals surface area contributed by atoms with Gasteiger partial charge in [-0.25, -0.2) is 4.90 Å². The highest BCUT2D eigenvalue weighted by atomic mass is 16.2. The molecule has 2 amide bonds. The van der Waals surface area contributed by atoms with Gasteiger partial charge in [0.25, 0.3) is 11.8 Å². The van der Waals surface area contributed by atoms with Crippen LogP contribution in [0, 0.1) is 11.8 Å². The normalized spacial score (nSPS) is 13.7. The molecule has 1 aliphatic rings. The molecule has 25 heavy (non-hydrogen) atoms. The molecule has 0 N–H and O–H groups in total. The molecule has 0 atom stereocenters. The fraction of sp³-hybridized carbons (Fsp3) is 0. The second-order valence-electron chi connectivity index (χ2n) is 5.05. The zero-order chi connectivity index (χ0) is 18.4. The Morgan fingerprint density at radius 3 is 2.20 bits per heavy atom. The molecule has 0 spiro atoms. The number of allylic oxidation sites excluding steroid dienone is 7. The molecule has 1 aliphatic heterocycles. The minimum absolute atomic E-state index is 0.321. The molecule has 0 saturated heterocycles. The maximum absolute atomic E-state index is 12.6. The van der Waals surface area contributed by atoms with E-state index in [-0.39, 0.29) is 5.91 Å². The molecule has 1 aromatic rings. The molecule has 1 aromatic carbocycles. The van der Waals surface area contributed by atoms with Gasteiger partial charge in [0.05, 0.1) is 16.8 Å². The zero-order valence-electron chi connectivity index (χ0n) is 13.8. The fourth-order valence-electron chi connectivity index (χ4n) is 2.34. The third kappa shape index (κ3) is 3.49. The zero-order valence-corrected chi connectivity index (χ0v) is 13.8. The summed E-state index contributed by atoms with van der Waals surface area (Å²) >= 11 is 0. The molecule has 0 radical (unpaired) electrons. The summed E-state index contributed by atoms with van der Waals surface area (Å²) in [5.74, 6) is 5.11. The van der Waals surface area contributed by atoms with Gasteiger partial charge in [-0.15, -0.1) is 0 Å². The van der Waals surface area contributed by atoms with Crippen molar-refractivity contribution in [3.8, 4) is 11.8 Å². The van der Waals surface area contributed by atoms with Gasteiger partial charge >= 0.3 is 0 Å². The molecule has 0 unspecified atom stereocenters. The van der Waals surface area contributed by atoms with E-state index in [0.29, 0.717) is 28.0 Å². The van der Waals surface area contributed by atoms with Crippen molar-refractivity contribution >= 4 is 11.8 Å². The molecule has 3 nitrogen and oxygen atoms in total. The first kappa shape index (κ1) is 17.7. The van der Waals surface area contributed by atoms with E-state index in [1.165, 1.54) is 12.2 Å². The van der Waals surface area contributed by atoms with Crippen molar-refractivity contribution in [3.05, 3.63) is 109 Å². The van der Waals surface area contributed by atoms with Crippen molar-refractivity contribution in [2.45, 2.75) is 0 Å². The van der Waals surface area contributed by atoms with Crippen LogP contribution in [0.25, 0.3) is 0 Å². The topological polar surface area (TPSA) is 37.4 Å². The van der Waals surface area contributed by atoms with Gasteiger partial charge in [-0.1, -0.05) is 56.4 Å². The Hall–Kier alpha value is -3.64. The van der Waals surface area contributed by atoms with Crippen molar-refractivity contribution in [2.24, 2.45) is 0 Å². The van der Waals surface area contributed by atoms with Gasteiger partial charge in [-0.3, -0.25) is 9.59 Å². The first-order valence-electron chi connectivity index (χ1n) is 7.52. The Labute approximate surface area is 147 Å².